The third-order valence-corrected chi connectivity index (χ3v) is 4.75. The maximum absolute atomic E-state index is 12.3. The highest BCUT2D eigenvalue weighted by molar-refractivity contribution is 5.89. The van der Waals surface area contributed by atoms with Crippen LogP contribution in [0, 0.1) is 12.3 Å². The molecule has 0 unspecified atom stereocenters. The molecule has 0 atom stereocenters. The van der Waals surface area contributed by atoms with Gasteiger partial charge in [0.05, 0.1) is 0 Å². The van der Waals surface area contributed by atoms with Crippen LogP contribution in [0.3, 0.4) is 0 Å². The van der Waals surface area contributed by atoms with Crippen molar-refractivity contribution in [3.63, 3.8) is 0 Å². The first kappa shape index (κ1) is 16.1. The molecule has 2 aliphatic heterocycles. The van der Waals surface area contributed by atoms with Crippen LogP contribution >= 0.6 is 12.4 Å². The molecular formula is C16H24ClN3O. The molecule has 2 fully saturated rings. The lowest BCUT2D eigenvalue weighted by Crippen LogP contribution is -2.45. The second-order valence-corrected chi connectivity index (χ2v) is 6.21. The number of amides is 2. The van der Waals surface area contributed by atoms with E-state index >= 15 is 0 Å². The van der Waals surface area contributed by atoms with E-state index in [1.54, 1.807) is 0 Å². The summed E-state index contributed by atoms with van der Waals surface area (Å²) in [6.07, 6.45) is 3.52. The van der Waals surface area contributed by atoms with Crippen LogP contribution in [0.4, 0.5) is 10.5 Å². The molecule has 2 amide bonds. The Balaban J connectivity index is 0.00000161. The smallest absolute Gasteiger partial charge is 0.321 e. The Labute approximate surface area is 132 Å². The number of anilines is 1. The van der Waals surface area contributed by atoms with Gasteiger partial charge in [0.15, 0.2) is 0 Å². The Bertz CT molecular complexity index is 473. The molecule has 0 aromatic heterocycles. The number of likely N-dealkylation sites (tertiary alicyclic amines) is 1. The zero-order valence-electron chi connectivity index (χ0n) is 12.5. The third-order valence-electron chi connectivity index (χ3n) is 4.75. The maximum Gasteiger partial charge on any atom is 0.321 e. The summed E-state index contributed by atoms with van der Waals surface area (Å²) in [4.78, 5) is 14.2. The molecule has 2 saturated heterocycles. The van der Waals surface area contributed by atoms with Crippen LogP contribution in [0.5, 0.6) is 0 Å². The summed E-state index contributed by atoms with van der Waals surface area (Å²) in [5.74, 6) is 0. The summed E-state index contributed by atoms with van der Waals surface area (Å²) in [6, 6.07) is 7.99. The molecule has 1 aromatic rings. The molecule has 2 aliphatic rings. The molecular weight excluding hydrogens is 286 g/mol. The molecule has 0 bridgehead atoms. The summed E-state index contributed by atoms with van der Waals surface area (Å²) < 4.78 is 0. The molecule has 21 heavy (non-hydrogen) atoms. The highest BCUT2D eigenvalue weighted by Gasteiger charge is 2.37. The molecule has 1 aromatic carbocycles. The lowest BCUT2D eigenvalue weighted by Gasteiger charge is -2.38. The van der Waals surface area contributed by atoms with Crippen LogP contribution in [0.25, 0.3) is 0 Å². The number of hydrogen-bond acceptors (Lipinski definition) is 2. The summed E-state index contributed by atoms with van der Waals surface area (Å²) in [5.41, 5.74) is 2.54. The summed E-state index contributed by atoms with van der Waals surface area (Å²) in [6.45, 7) is 6.06. The quantitative estimate of drug-likeness (QED) is 0.837. The first-order valence-electron chi connectivity index (χ1n) is 7.50. The lowest BCUT2D eigenvalue weighted by molar-refractivity contribution is 0.137. The SMILES string of the molecule is Cc1ccc(NC(=O)N2CCC3(CCNC3)CC2)cc1.Cl. The number of benzene rings is 1. The number of urea groups is 1. The molecule has 3 rings (SSSR count). The fraction of sp³-hybridized carbons (Fsp3) is 0.562. The summed E-state index contributed by atoms with van der Waals surface area (Å²) >= 11 is 0. The van der Waals surface area contributed by atoms with Crippen LogP contribution < -0.4 is 10.6 Å². The third kappa shape index (κ3) is 3.69. The Morgan fingerprint density at radius 2 is 1.86 bits per heavy atom. The number of nitrogens with one attached hydrogen (secondary N) is 2. The standard InChI is InChI=1S/C16H23N3O.ClH/c1-13-2-4-14(5-3-13)18-15(20)19-10-7-16(8-11-19)6-9-17-12-16;/h2-5,17H,6-12H2,1H3,(H,18,20);1H. The van der Waals surface area contributed by atoms with E-state index in [1.165, 1.54) is 12.0 Å². The van der Waals surface area contributed by atoms with Crippen LogP contribution in [-0.2, 0) is 0 Å². The van der Waals surface area contributed by atoms with Gasteiger partial charge in [0.1, 0.15) is 0 Å². The van der Waals surface area contributed by atoms with Gasteiger partial charge in [-0.3, -0.25) is 0 Å². The number of aryl methyl sites for hydroxylation is 1. The minimum absolute atomic E-state index is 0. The van der Waals surface area contributed by atoms with Gasteiger partial charge < -0.3 is 15.5 Å². The first-order chi connectivity index (χ1) is 9.67. The zero-order valence-corrected chi connectivity index (χ0v) is 13.3. The van der Waals surface area contributed by atoms with Gasteiger partial charge in [0, 0.05) is 25.3 Å². The van der Waals surface area contributed by atoms with E-state index in [0.717, 1.165) is 44.7 Å². The monoisotopic (exact) mass is 309 g/mol. The molecule has 1 spiro atoms. The van der Waals surface area contributed by atoms with Gasteiger partial charge in [-0.2, -0.15) is 0 Å². The van der Waals surface area contributed by atoms with Gasteiger partial charge in [0.25, 0.3) is 0 Å². The normalized spacial score (nSPS) is 20.1. The number of carbonyl (C=O) groups is 1. The van der Waals surface area contributed by atoms with Crippen molar-refractivity contribution < 1.29 is 4.79 Å². The van der Waals surface area contributed by atoms with Gasteiger partial charge >= 0.3 is 6.03 Å². The van der Waals surface area contributed by atoms with Gasteiger partial charge in [-0.25, -0.2) is 4.79 Å². The van der Waals surface area contributed by atoms with E-state index in [0.29, 0.717) is 5.41 Å². The van der Waals surface area contributed by atoms with Crippen molar-refractivity contribution >= 4 is 24.1 Å². The van der Waals surface area contributed by atoms with Crippen molar-refractivity contribution in [3.05, 3.63) is 29.8 Å². The maximum atomic E-state index is 12.3. The van der Waals surface area contributed by atoms with Crippen molar-refractivity contribution in [1.29, 1.82) is 0 Å². The first-order valence-corrected chi connectivity index (χ1v) is 7.50. The predicted octanol–water partition coefficient (Wildman–Crippen LogP) is 3.02. The molecule has 0 radical (unpaired) electrons. The van der Waals surface area contributed by atoms with Crippen LogP contribution in [0.2, 0.25) is 0 Å². The number of nitrogens with zero attached hydrogens (tertiary/aromatic N) is 1. The van der Waals surface area contributed by atoms with E-state index in [4.69, 9.17) is 0 Å². The average Bonchev–Trinajstić information content (AvgIpc) is 2.90. The molecule has 5 heteroatoms. The largest absolute Gasteiger partial charge is 0.324 e. The molecule has 4 nitrogen and oxygen atoms in total. The predicted molar refractivity (Wildman–Crippen MR) is 88.2 cm³/mol. The van der Waals surface area contributed by atoms with E-state index in [1.807, 2.05) is 36.1 Å². The molecule has 2 N–H and O–H groups in total. The van der Waals surface area contributed by atoms with Gasteiger partial charge in [0.2, 0.25) is 0 Å². The Kier molecular flexibility index (Phi) is 5.12. The van der Waals surface area contributed by atoms with Gasteiger partial charge in [-0.05, 0) is 50.3 Å². The average molecular weight is 310 g/mol. The number of rotatable bonds is 1. The van der Waals surface area contributed by atoms with Crippen molar-refractivity contribution in [1.82, 2.24) is 10.2 Å². The fourth-order valence-electron chi connectivity index (χ4n) is 3.25. The van der Waals surface area contributed by atoms with E-state index in [2.05, 4.69) is 10.6 Å². The number of carbonyl (C=O) groups excluding carboxylic acids is 1. The van der Waals surface area contributed by atoms with Crippen LogP contribution in [0.1, 0.15) is 24.8 Å². The van der Waals surface area contributed by atoms with E-state index in [-0.39, 0.29) is 18.4 Å². The summed E-state index contributed by atoms with van der Waals surface area (Å²) in [7, 11) is 0. The topological polar surface area (TPSA) is 44.4 Å². The van der Waals surface area contributed by atoms with Crippen molar-refractivity contribution in [2.24, 2.45) is 5.41 Å². The van der Waals surface area contributed by atoms with Gasteiger partial charge in [-0.1, -0.05) is 17.7 Å². The summed E-state index contributed by atoms with van der Waals surface area (Å²) in [5, 5.41) is 6.44. The lowest BCUT2D eigenvalue weighted by atomic mass is 9.78. The second kappa shape index (κ2) is 6.67. The molecule has 116 valence electrons. The Morgan fingerprint density at radius 1 is 1.19 bits per heavy atom. The van der Waals surface area contributed by atoms with Crippen molar-refractivity contribution in [2.75, 3.05) is 31.5 Å². The molecule has 0 saturated carbocycles. The molecule has 0 aliphatic carbocycles. The fourth-order valence-corrected chi connectivity index (χ4v) is 3.25. The number of hydrogen-bond donors (Lipinski definition) is 2. The number of piperidine rings is 1. The highest BCUT2D eigenvalue weighted by atomic mass is 35.5. The van der Waals surface area contributed by atoms with Gasteiger partial charge in [-0.15, -0.1) is 12.4 Å². The van der Waals surface area contributed by atoms with Crippen molar-refractivity contribution in [3.8, 4) is 0 Å². The second-order valence-electron chi connectivity index (χ2n) is 6.21. The zero-order chi connectivity index (χ0) is 14.0. The highest BCUT2D eigenvalue weighted by Crippen LogP contribution is 2.36. The molecule has 2 heterocycles. The van der Waals surface area contributed by atoms with E-state index in [9.17, 15) is 4.79 Å². The Morgan fingerprint density at radius 3 is 2.43 bits per heavy atom. The Hall–Kier alpha value is -1.26. The van der Waals surface area contributed by atoms with Crippen molar-refractivity contribution in [2.45, 2.75) is 26.2 Å². The minimum atomic E-state index is 0. The van der Waals surface area contributed by atoms with E-state index < -0.39 is 0 Å². The number of halogens is 1. The van der Waals surface area contributed by atoms with Crippen LogP contribution in [-0.4, -0.2) is 37.1 Å². The minimum Gasteiger partial charge on any atom is -0.324 e. The van der Waals surface area contributed by atoms with Crippen LogP contribution in [0.15, 0.2) is 24.3 Å².